The standard InChI is InChI=1S/C13H12FNO2S/c14-12-8-4-5-9-13(12)18(16,17)15-10-11-6-2-1-3-7-11/h1-9,15H,10H2. The smallest absolute Gasteiger partial charge is 0.207 e. The van der Waals surface area contributed by atoms with Gasteiger partial charge in [-0.2, -0.15) is 0 Å². The summed E-state index contributed by atoms with van der Waals surface area (Å²) >= 11 is 0. The van der Waals surface area contributed by atoms with Gasteiger partial charge >= 0.3 is 0 Å². The summed E-state index contributed by atoms with van der Waals surface area (Å²) in [5.41, 5.74) is 0.817. The minimum absolute atomic E-state index is 0.136. The first-order valence-electron chi connectivity index (χ1n) is 5.38. The van der Waals surface area contributed by atoms with Crippen LogP contribution < -0.4 is 4.72 Å². The molecule has 2 rings (SSSR count). The molecule has 2 aromatic rings. The van der Waals surface area contributed by atoms with E-state index in [-0.39, 0.29) is 11.4 Å². The van der Waals surface area contributed by atoms with Crippen LogP contribution in [0.2, 0.25) is 0 Å². The minimum atomic E-state index is -3.81. The van der Waals surface area contributed by atoms with Gasteiger partial charge in [0.15, 0.2) is 0 Å². The van der Waals surface area contributed by atoms with Gasteiger partial charge < -0.3 is 0 Å². The van der Waals surface area contributed by atoms with E-state index in [1.165, 1.54) is 18.2 Å². The third kappa shape index (κ3) is 2.94. The molecule has 0 aliphatic rings. The van der Waals surface area contributed by atoms with E-state index in [9.17, 15) is 12.8 Å². The molecule has 0 aliphatic heterocycles. The van der Waals surface area contributed by atoms with Gasteiger partial charge in [0.1, 0.15) is 10.7 Å². The Morgan fingerprint density at radius 1 is 0.944 bits per heavy atom. The molecular weight excluding hydrogens is 253 g/mol. The van der Waals surface area contributed by atoms with Gasteiger partial charge in [-0.05, 0) is 17.7 Å². The summed E-state index contributed by atoms with van der Waals surface area (Å²) in [6.45, 7) is 0.136. The number of halogens is 1. The predicted octanol–water partition coefficient (Wildman–Crippen LogP) is 2.30. The number of sulfonamides is 1. The quantitative estimate of drug-likeness (QED) is 0.922. The molecule has 0 saturated carbocycles. The first kappa shape index (κ1) is 12.7. The van der Waals surface area contributed by atoms with Gasteiger partial charge in [0.25, 0.3) is 0 Å². The molecule has 5 heteroatoms. The van der Waals surface area contributed by atoms with E-state index in [1.54, 1.807) is 12.1 Å². The highest BCUT2D eigenvalue weighted by molar-refractivity contribution is 7.89. The van der Waals surface area contributed by atoms with E-state index in [1.807, 2.05) is 18.2 Å². The Morgan fingerprint density at radius 3 is 2.22 bits per heavy atom. The van der Waals surface area contributed by atoms with Gasteiger partial charge in [-0.15, -0.1) is 0 Å². The molecule has 0 aliphatic carbocycles. The van der Waals surface area contributed by atoms with Crippen molar-refractivity contribution in [1.82, 2.24) is 4.72 Å². The van der Waals surface area contributed by atoms with Crippen molar-refractivity contribution in [2.45, 2.75) is 11.4 Å². The molecule has 0 amide bonds. The Balaban J connectivity index is 2.16. The highest BCUT2D eigenvalue weighted by Crippen LogP contribution is 2.13. The Morgan fingerprint density at radius 2 is 1.56 bits per heavy atom. The van der Waals surface area contributed by atoms with Crippen LogP contribution in [0.5, 0.6) is 0 Å². The molecule has 0 atom stereocenters. The number of benzene rings is 2. The van der Waals surface area contributed by atoms with Gasteiger partial charge in [-0.3, -0.25) is 0 Å². The Kier molecular flexibility index (Phi) is 3.74. The fourth-order valence-corrected chi connectivity index (χ4v) is 2.61. The lowest BCUT2D eigenvalue weighted by molar-refractivity contribution is 0.557. The fraction of sp³-hybridized carbons (Fsp3) is 0.0769. The largest absolute Gasteiger partial charge is 0.243 e. The molecule has 2 aromatic carbocycles. The second-order valence-corrected chi connectivity index (χ2v) is 5.48. The average molecular weight is 265 g/mol. The van der Waals surface area contributed by atoms with E-state index in [0.29, 0.717) is 0 Å². The first-order chi connectivity index (χ1) is 8.59. The molecule has 0 aromatic heterocycles. The lowest BCUT2D eigenvalue weighted by Crippen LogP contribution is -2.24. The minimum Gasteiger partial charge on any atom is -0.207 e. The Hall–Kier alpha value is -1.72. The van der Waals surface area contributed by atoms with Crippen molar-refractivity contribution in [2.24, 2.45) is 0 Å². The van der Waals surface area contributed by atoms with E-state index >= 15 is 0 Å². The third-order valence-electron chi connectivity index (χ3n) is 2.44. The Bertz CT molecular complexity index is 626. The van der Waals surface area contributed by atoms with Crippen LogP contribution in [0.1, 0.15) is 5.56 Å². The van der Waals surface area contributed by atoms with Crippen LogP contribution in [-0.4, -0.2) is 8.42 Å². The van der Waals surface area contributed by atoms with E-state index in [0.717, 1.165) is 11.6 Å². The molecule has 0 saturated heterocycles. The van der Waals surface area contributed by atoms with Crippen molar-refractivity contribution in [3.05, 3.63) is 66.0 Å². The highest BCUT2D eigenvalue weighted by atomic mass is 32.2. The second kappa shape index (κ2) is 5.29. The average Bonchev–Trinajstić information content (AvgIpc) is 2.38. The maximum Gasteiger partial charge on any atom is 0.243 e. The maximum absolute atomic E-state index is 13.4. The lowest BCUT2D eigenvalue weighted by Gasteiger charge is -2.07. The molecule has 0 radical (unpaired) electrons. The van der Waals surface area contributed by atoms with Gasteiger partial charge in [0.2, 0.25) is 10.0 Å². The molecule has 0 heterocycles. The zero-order chi connectivity index (χ0) is 13.0. The predicted molar refractivity (Wildman–Crippen MR) is 66.9 cm³/mol. The SMILES string of the molecule is O=S(=O)(NCc1ccccc1)c1ccccc1F. The van der Waals surface area contributed by atoms with Crippen LogP contribution in [0.15, 0.2) is 59.5 Å². The summed E-state index contributed by atoms with van der Waals surface area (Å²) < 4.78 is 39.5. The molecular formula is C13H12FNO2S. The van der Waals surface area contributed by atoms with Crippen LogP contribution >= 0.6 is 0 Å². The van der Waals surface area contributed by atoms with Crippen molar-refractivity contribution in [2.75, 3.05) is 0 Å². The molecule has 1 N–H and O–H groups in total. The Labute approximate surface area is 105 Å². The molecule has 0 unspecified atom stereocenters. The normalized spacial score (nSPS) is 11.4. The molecule has 18 heavy (non-hydrogen) atoms. The number of hydrogen-bond donors (Lipinski definition) is 1. The number of hydrogen-bond acceptors (Lipinski definition) is 2. The fourth-order valence-electron chi connectivity index (χ4n) is 1.51. The number of nitrogens with one attached hydrogen (secondary N) is 1. The molecule has 0 spiro atoms. The highest BCUT2D eigenvalue weighted by Gasteiger charge is 2.17. The van der Waals surface area contributed by atoms with E-state index < -0.39 is 15.8 Å². The zero-order valence-electron chi connectivity index (χ0n) is 9.51. The van der Waals surface area contributed by atoms with Crippen LogP contribution in [-0.2, 0) is 16.6 Å². The molecule has 94 valence electrons. The third-order valence-corrected chi connectivity index (χ3v) is 3.87. The topological polar surface area (TPSA) is 46.2 Å². The van der Waals surface area contributed by atoms with Crippen molar-refractivity contribution < 1.29 is 12.8 Å². The summed E-state index contributed by atoms with van der Waals surface area (Å²) in [7, 11) is -3.81. The van der Waals surface area contributed by atoms with Crippen molar-refractivity contribution in [3.8, 4) is 0 Å². The van der Waals surface area contributed by atoms with Crippen molar-refractivity contribution in [3.63, 3.8) is 0 Å². The first-order valence-corrected chi connectivity index (χ1v) is 6.86. The van der Waals surface area contributed by atoms with Crippen LogP contribution in [0.25, 0.3) is 0 Å². The zero-order valence-corrected chi connectivity index (χ0v) is 10.3. The van der Waals surface area contributed by atoms with Crippen LogP contribution in [0.4, 0.5) is 4.39 Å². The molecule has 0 fully saturated rings. The summed E-state index contributed by atoms with van der Waals surface area (Å²) in [5.74, 6) is -0.752. The van der Waals surface area contributed by atoms with Crippen LogP contribution in [0, 0.1) is 5.82 Å². The van der Waals surface area contributed by atoms with Crippen molar-refractivity contribution >= 4 is 10.0 Å². The summed E-state index contributed by atoms with van der Waals surface area (Å²) in [4.78, 5) is -0.332. The van der Waals surface area contributed by atoms with E-state index in [2.05, 4.69) is 4.72 Å². The van der Waals surface area contributed by atoms with Gasteiger partial charge in [0.05, 0.1) is 0 Å². The summed E-state index contributed by atoms with van der Waals surface area (Å²) in [6.07, 6.45) is 0. The number of rotatable bonds is 4. The lowest BCUT2D eigenvalue weighted by atomic mass is 10.2. The summed E-state index contributed by atoms with van der Waals surface area (Å²) in [6, 6.07) is 14.4. The van der Waals surface area contributed by atoms with Gasteiger partial charge in [0, 0.05) is 6.54 Å². The van der Waals surface area contributed by atoms with Gasteiger partial charge in [-0.25, -0.2) is 17.5 Å². The maximum atomic E-state index is 13.4. The van der Waals surface area contributed by atoms with Crippen molar-refractivity contribution in [1.29, 1.82) is 0 Å². The summed E-state index contributed by atoms with van der Waals surface area (Å²) in [5, 5.41) is 0. The van der Waals surface area contributed by atoms with Crippen LogP contribution in [0.3, 0.4) is 0 Å². The monoisotopic (exact) mass is 265 g/mol. The van der Waals surface area contributed by atoms with Gasteiger partial charge in [-0.1, -0.05) is 42.5 Å². The molecule has 3 nitrogen and oxygen atoms in total. The molecule has 0 bridgehead atoms. The van der Waals surface area contributed by atoms with E-state index in [4.69, 9.17) is 0 Å². The second-order valence-electron chi connectivity index (χ2n) is 3.74.